The Labute approximate surface area is 142 Å². The second kappa shape index (κ2) is 7.18. The molecule has 2 N–H and O–H groups in total. The first-order valence-corrected chi connectivity index (χ1v) is 8.19. The topological polar surface area (TPSA) is 92.2 Å². The largest absolute Gasteiger partial charge is 0.481 e. The first kappa shape index (κ1) is 16.1. The second-order valence-corrected chi connectivity index (χ2v) is 6.39. The van der Waals surface area contributed by atoms with Crippen LogP contribution >= 0.6 is 11.3 Å². The number of carbonyl (C=O) groups excluding carboxylic acids is 1. The Bertz CT molecular complexity index is 831. The highest BCUT2D eigenvalue weighted by Crippen LogP contribution is 2.23. The van der Waals surface area contributed by atoms with Crippen LogP contribution in [0.1, 0.15) is 15.2 Å². The molecule has 0 aliphatic heterocycles. The molecule has 3 heterocycles. The van der Waals surface area contributed by atoms with Gasteiger partial charge in [0.05, 0.1) is 21.0 Å². The van der Waals surface area contributed by atoms with E-state index in [-0.39, 0.29) is 12.5 Å². The van der Waals surface area contributed by atoms with Gasteiger partial charge in [0.2, 0.25) is 0 Å². The van der Waals surface area contributed by atoms with Crippen LogP contribution in [0.2, 0.25) is 0 Å². The molecule has 0 saturated heterocycles. The lowest BCUT2D eigenvalue weighted by molar-refractivity contribution is -0.141. The Morgan fingerprint density at radius 2 is 2.08 bits per heavy atom. The smallest absolute Gasteiger partial charge is 0.308 e. The quantitative estimate of drug-likeness (QED) is 0.718. The zero-order valence-electron chi connectivity index (χ0n) is 12.7. The van der Waals surface area contributed by atoms with Crippen LogP contribution in [-0.4, -0.2) is 33.5 Å². The van der Waals surface area contributed by atoms with Crippen molar-refractivity contribution in [3.8, 4) is 0 Å². The molecule has 3 aromatic rings. The van der Waals surface area contributed by atoms with Crippen LogP contribution in [0, 0.1) is 5.92 Å². The minimum absolute atomic E-state index is 0.0603. The molecule has 24 heavy (non-hydrogen) atoms. The maximum Gasteiger partial charge on any atom is 0.308 e. The SMILES string of the molecule is O=C(NCC(Cc1cccnc1)C(=O)O)c1cc2ncccc2s1. The number of carbonyl (C=O) groups is 2. The van der Waals surface area contributed by atoms with Gasteiger partial charge in [-0.3, -0.25) is 19.6 Å². The summed E-state index contributed by atoms with van der Waals surface area (Å²) in [5.41, 5.74) is 1.59. The average molecular weight is 341 g/mol. The predicted octanol–water partition coefficient (Wildman–Crippen LogP) is 2.36. The molecule has 1 amide bonds. The number of carboxylic acid groups (broad SMARTS) is 1. The number of thiophene rings is 1. The van der Waals surface area contributed by atoms with Gasteiger partial charge in [0.15, 0.2) is 0 Å². The fourth-order valence-corrected chi connectivity index (χ4v) is 3.27. The van der Waals surface area contributed by atoms with Gasteiger partial charge in [-0.05, 0) is 36.2 Å². The summed E-state index contributed by atoms with van der Waals surface area (Å²) in [6.45, 7) is 0.0603. The van der Waals surface area contributed by atoms with Crippen LogP contribution in [0.15, 0.2) is 48.9 Å². The van der Waals surface area contributed by atoms with Crippen molar-refractivity contribution in [3.63, 3.8) is 0 Å². The summed E-state index contributed by atoms with van der Waals surface area (Å²) in [5, 5.41) is 12.1. The molecule has 1 atom stereocenters. The predicted molar refractivity (Wildman–Crippen MR) is 91.0 cm³/mol. The highest BCUT2D eigenvalue weighted by Gasteiger charge is 2.20. The third-order valence-corrected chi connectivity index (χ3v) is 4.66. The van der Waals surface area contributed by atoms with Crippen LogP contribution in [0.4, 0.5) is 0 Å². The molecule has 0 radical (unpaired) electrons. The van der Waals surface area contributed by atoms with E-state index in [1.807, 2.05) is 18.2 Å². The number of rotatable bonds is 6. The van der Waals surface area contributed by atoms with Crippen LogP contribution in [-0.2, 0) is 11.2 Å². The molecule has 0 bridgehead atoms. The summed E-state index contributed by atoms with van der Waals surface area (Å²) in [5.74, 6) is -1.93. The normalized spacial score (nSPS) is 12.0. The Kier molecular flexibility index (Phi) is 4.81. The van der Waals surface area contributed by atoms with E-state index in [2.05, 4.69) is 15.3 Å². The molecule has 0 fully saturated rings. The lowest BCUT2D eigenvalue weighted by Gasteiger charge is -2.12. The average Bonchev–Trinajstić information content (AvgIpc) is 3.03. The summed E-state index contributed by atoms with van der Waals surface area (Å²) < 4.78 is 0.924. The Morgan fingerprint density at radius 1 is 1.25 bits per heavy atom. The molecule has 3 rings (SSSR count). The number of fused-ring (bicyclic) bond motifs is 1. The van der Waals surface area contributed by atoms with Crippen molar-refractivity contribution >= 4 is 33.4 Å². The van der Waals surface area contributed by atoms with Gasteiger partial charge in [0.25, 0.3) is 5.91 Å². The highest BCUT2D eigenvalue weighted by molar-refractivity contribution is 7.20. The molecular formula is C17H15N3O3S. The molecule has 0 aliphatic carbocycles. The third kappa shape index (κ3) is 3.75. The number of carboxylic acids is 1. The fraction of sp³-hybridized carbons (Fsp3) is 0.176. The molecule has 7 heteroatoms. The Morgan fingerprint density at radius 3 is 2.79 bits per heavy atom. The van der Waals surface area contributed by atoms with Crippen LogP contribution in [0.25, 0.3) is 10.2 Å². The van der Waals surface area contributed by atoms with Crippen LogP contribution < -0.4 is 5.32 Å². The van der Waals surface area contributed by atoms with E-state index in [0.717, 1.165) is 15.8 Å². The van der Waals surface area contributed by atoms with Crippen LogP contribution in [0.5, 0.6) is 0 Å². The lowest BCUT2D eigenvalue weighted by Crippen LogP contribution is -2.33. The summed E-state index contributed by atoms with van der Waals surface area (Å²) in [6.07, 6.45) is 5.26. The van der Waals surface area contributed by atoms with Crippen molar-refractivity contribution in [2.24, 2.45) is 5.92 Å². The van der Waals surface area contributed by atoms with Crippen molar-refractivity contribution < 1.29 is 14.7 Å². The summed E-state index contributed by atoms with van der Waals surface area (Å²) in [6, 6.07) is 9.01. The summed E-state index contributed by atoms with van der Waals surface area (Å²) in [7, 11) is 0. The van der Waals surface area contributed by atoms with Gasteiger partial charge < -0.3 is 10.4 Å². The molecular weight excluding hydrogens is 326 g/mol. The van der Waals surface area contributed by atoms with Gasteiger partial charge >= 0.3 is 5.97 Å². The number of aromatic nitrogens is 2. The maximum absolute atomic E-state index is 12.3. The number of aliphatic carboxylic acids is 1. The van der Waals surface area contributed by atoms with E-state index in [4.69, 9.17) is 0 Å². The molecule has 1 unspecified atom stereocenters. The number of nitrogens with zero attached hydrogens (tertiary/aromatic N) is 2. The number of amides is 1. The Hall–Kier alpha value is -2.80. The first-order chi connectivity index (χ1) is 11.6. The third-order valence-electron chi connectivity index (χ3n) is 3.57. The minimum Gasteiger partial charge on any atom is -0.481 e. The van der Waals surface area contributed by atoms with Crippen molar-refractivity contribution in [1.82, 2.24) is 15.3 Å². The van der Waals surface area contributed by atoms with Gasteiger partial charge in [0.1, 0.15) is 0 Å². The molecule has 3 aromatic heterocycles. The van der Waals surface area contributed by atoms with Gasteiger partial charge in [-0.15, -0.1) is 11.3 Å². The van der Waals surface area contributed by atoms with E-state index < -0.39 is 11.9 Å². The van der Waals surface area contributed by atoms with Gasteiger partial charge in [0, 0.05) is 25.1 Å². The zero-order valence-corrected chi connectivity index (χ0v) is 13.5. The minimum atomic E-state index is -0.947. The number of nitrogens with one attached hydrogen (secondary N) is 1. The standard InChI is InChI=1S/C17H15N3O3S/c21-16(15-8-13-14(24-15)4-2-6-19-13)20-10-12(17(22)23)7-11-3-1-5-18-9-11/h1-6,8-9,12H,7,10H2,(H,20,21)(H,22,23). The van der Waals surface area contributed by atoms with Crippen molar-refractivity contribution in [1.29, 1.82) is 0 Å². The van der Waals surface area contributed by atoms with Crippen molar-refractivity contribution in [2.45, 2.75) is 6.42 Å². The maximum atomic E-state index is 12.3. The van der Waals surface area contributed by atoms with E-state index in [9.17, 15) is 14.7 Å². The van der Waals surface area contributed by atoms with E-state index in [1.165, 1.54) is 11.3 Å². The molecule has 0 saturated carbocycles. The number of hydrogen-bond donors (Lipinski definition) is 2. The fourth-order valence-electron chi connectivity index (χ4n) is 2.33. The van der Waals surface area contributed by atoms with Crippen molar-refractivity contribution in [3.05, 3.63) is 59.4 Å². The molecule has 0 aromatic carbocycles. The molecule has 0 aliphatic rings. The first-order valence-electron chi connectivity index (χ1n) is 7.38. The zero-order chi connectivity index (χ0) is 16.9. The summed E-state index contributed by atoms with van der Waals surface area (Å²) in [4.78, 5) is 32.4. The molecule has 0 spiro atoms. The van der Waals surface area contributed by atoms with E-state index >= 15 is 0 Å². The number of pyridine rings is 2. The highest BCUT2D eigenvalue weighted by atomic mass is 32.1. The second-order valence-electron chi connectivity index (χ2n) is 5.31. The van der Waals surface area contributed by atoms with Gasteiger partial charge in [-0.2, -0.15) is 0 Å². The van der Waals surface area contributed by atoms with Gasteiger partial charge in [-0.25, -0.2) is 0 Å². The number of hydrogen-bond acceptors (Lipinski definition) is 5. The van der Waals surface area contributed by atoms with E-state index in [1.54, 1.807) is 30.7 Å². The summed E-state index contributed by atoms with van der Waals surface area (Å²) >= 11 is 1.34. The molecule has 6 nitrogen and oxygen atoms in total. The lowest BCUT2D eigenvalue weighted by atomic mass is 10.0. The Balaban J connectivity index is 1.65. The molecule has 122 valence electrons. The monoisotopic (exact) mass is 341 g/mol. The van der Waals surface area contributed by atoms with Gasteiger partial charge in [-0.1, -0.05) is 6.07 Å². The van der Waals surface area contributed by atoms with E-state index in [0.29, 0.717) is 11.3 Å². The van der Waals surface area contributed by atoms with Crippen LogP contribution in [0.3, 0.4) is 0 Å². The van der Waals surface area contributed by atoms with Crippen molar-refractivity contribution in [2.75, 3.05) is 6.54 Å².